The van der Waals surface area contributed by atoms with Gasteiger partial charge in [-0.15, -0.1) is 0 Å². The topological polar surface area (TPSA) is 64.7 Å². The Labute approximate surface area is 136 Å². The van der Waals surface area contributed by atoms with E-state index in [-0.39, 0.29) is 5.84 Å². The van der Waals surface area contributed by atoms with Crippen molar-refractivity contribution in [2.45, 2.75) is 0 Å². The molecule has 0 unspecified atom stereocenters. The van der Waals surface area contributed by atoms with E-state index in [0.29, 0.717) is 26.2 Å². The van der Waals surface area contributed by atoms with Crippen LogP contribution in [0.1, 0.15) is 15.9 Å². The van der Waals surface area contributed by atoms with E-state index in [9.17, 15) is 4.79 Å². The van der Waals surface area contributed by atoms with Gasteiger partial charge in [0.2, 0.25) is 0 Å². The summed E-state index contributed by atoms with van der Waals surface area (Å²) in [5.74, 6) is -0.682. The Hall–Kier alpha value is -1.75. The van der Waals surface area contributed by atoms with Crippen LogP contribution < -0.4 is 5.73 Å². The first kappa shape index (κ1) is 15.6. The summed E-state index contributed by atoms with van der Waals surface area (Å²) in [6.45, 7) is 0. The predicted molar refractivity (Wildman–Crippen MR) is 84.1 cm³/mol. The molecule has 7 heteroatoms. The van der Waals surface area contributed by atoms with Crippen molar-refractivity contribution in [1.29, 1.82) is 0 Å². The summed E-state index contributed by atoms with van der Waals surface area (Å²) in [6, 6.07) is 10.9. The van der Waals surface area contributed by atoms with Crippen LogP contribution in [0.4, 0.5) is 0 Å². The number of nitrogens with zero attached hydrogens (tertiary/aromatic N) is 1. The van der Waals surface area contributed by atoms with E-state index in [4.69, 9.17) is 45.4 Å². The van der Waals surface area contributed by atoms with E-state index in [1.807, 2.05) is 0 Å². The minimum atomic E-state index is -0.653. The van der Waals surface area contributed by atoms with Gasteiger partial charge in [0, 0.05) is 15.6 Å². The van der Waals surface area contributed by atoms with Crippen LogP contribution in [0, 0.1) is 0 Å². The van der Waals surface area contributed by atoms with Crippen LogP contribution in [-0.4, -0.2) is 11.8 Å². The Morgan fingerprint density at radius 2 is 1.62 bits per heavy atom. The van der Waals surface area contributed by atoms with Crippen molar-refractivity contribution in [1.82, 2.24) is 0 Å². The molecule has 21 heavy (non-hydrogen) atoms. The molecule has 0 saturated heterocycles. The highest BCUT2D eigenvalue weighted by molar-refractivity contribution is 6.36. The van der Waals surface area contributed by atoms with Gasteiger partial charge in [-0.3, -0.25) is 0 Å². The van der Waals surface area contributed by atoms with Crippen LogP contribution in [0.3, 0.4) is 0 Å². The maximum absolute atomic E-state index is 11.7. The van der Waals surface area contributed by atoms with Crippen molar-refractivity contribution in [3.8, 4) is 0 Å². The zero-order valence-electron chi connectivity index (χ0n) is 10.5. The molecule has 0 aliphatic heterocycles. The fourth-order valence-corrected chi connectivity index (χ4v) is 2.11. The molecule has 0 spiro atoms. The average Bonchev–Trinajstić information content (AvgIpc) is 2.45. The van der Waals surface area contributed by atoms with Gasteiger partial charge >= 0.3 is 5.97 Å². The van der Waals surface area contributed by atoms with E-state index in [1.165, 1.54) is 18.2 Å². The number of nitrogens with two attached hydrogens (primary N) is 1. The van der Waals surface area contributed by atoms with E-state index in [1.54, 1.807) is 24.3 Å². The monoisotopic (exact) mass is 342 g/mol. The van der Waals surface area contributed by atoms with Crippen LogP contribution >= 0.6 is 34.8 Å². The van der Waals surface area contributed by atoms with Crippen molar-refractivity contribution in [3.05, 3.63) is 68.7 Å². The number of rotatable bonds is 3. The lowest BCUT2D eigenvalue weighted by atomic mass is 10.2. The number of carbonyl (C=O) groups excluding carboxylic acids is 1. The highest BCUT2D eigenvalue weighted by Crippen LogP contribution is 2.20. The first-order chi connectivity index (χ1) is 9.97. The third kappa shape index (κ3) is 4.11. The Bertz CT molecular complexity index is 700. The minimum absolute atomic E-state index is 0.0287. The Morgan fingerprint density at radius 1 is 1.00 bits per heavy atom. The maximum atomic E-state index is 11.7. The van der Waals surface area contributed by atoms with Gasteiger partial charge < -0.3 is 10.6 Å². The molecule has 0 aliphatic rings. The summed E-state index contributed by atoms with van der Waals surface area (Å²) < 4.78 is 0. The molecule has 2 N–H and O–H groups in total. The van der Waals surface area contributed by atoms with Gasteiger partial charge in [-0.1, -0.05) is 40.0 Å². The fraction of sp³-hybridized carbons (Fsp3) is 0. The molecule has 2 aromatic carbocycles. The third-order valence-corrected chi connectivity index (χ3v) is 3.31. The molecule has 0 aromatic heterocycles. The molecular formula is C14H9Cl3N2O2. The van der Waals surface area contributed by atoms with Crippen LogP contribution in [-0.2, 0) is 4.84 Å². The average molecular weight is 344 g/mol. The van der Waals surface area contributed by atoms with Gasteiger partial charge in [-0.05, 0) is 42.5 Å². The first-order valence-corrected chi connectivity index (χ1v) is 6.86. The number of benzene rings is 2. The van der Waals surface area contributed by atoms with Crippen molar-refractivity contribution < 1.29 is 9.63 Å². The molecular weight excluding hydrogens is 335 g/mol. The number of halogens is 3. The summed E-state index contributed by atoms with van der Waals surface area (Å²) in [5, 5.41) is 4.86. The molecule has 0 radical (unpaired) electrons. The molecule has 4 nitrogen and oxygen atoms in total. The second-order valence-electron chi connectivity index (χ2n) is 3.99. The molecule has 0 amide bonds. The van der Waals surface area contributed by atoms with Crippen molar-refractivity contribution >= 4 is 46.6 Å². The fourth-order valence-electron chi connectivity index (χ4n) is 1.48. The quantitative estimate of drug-likeness (QED) is 0.394. The van der Waals surface area contributed by atoms with Crippen molar-refractivity contribution in [3.63, 3.8) is 0 Å². The van der Waals surface area contributed by atoms with Crippen molar-refractivity contribution in [2.24, 2.45) is 10.9 Å². The normalized spacial score (nSPS) is 11.3. The third-order valence-electron chi connectivity index (χ3n) is 2.51. The molecule has 0 aliphatic carbocycles. The number of hydrogen-bond donors (Lipinski definition) is 1. The number of oxime groups is 1. The highest BCUT2D eigenvalue weighted by Gasteiger charge is 2.10. The highest BCUT2D eigenvalue weighted by atomic mass is 35.5. The molecule has 2 rings (SSSR count). The van der Waals surface area contributed by atoms with Crippen LogP contribution in [0.2, 0.25) is 15.1 Å². The SMILES string of the molecule is N/C(=N\OC(=O)c1ccc(Cl)cc1)c1ccc(Cl)cc1Cl. The number of carbonyl (C=O) groups is 1. The van der Waals surface area contributed by atoms with E-state index < -0.39 is 5.97 Å². The second kappa shape index (κ2) is 6.80. The summed E-state index contributed by atoms with van der Waals surface area (Å²) in [4.78, 5) is 16.5. The lowest BCUT2D eigenvalue weighted by Gasteiger charge is -2.04. The maximum Gasteiger partial charge on any atom is 0.365 e. The zero-order valence-corrected chi connectivity index (χ0v) is 12.8. The predicted octanol–water partition coefficient (Wildman–Crippen LogP) is 4.12. The van der Waals surface area contributed by atoms with Crippen molar-refractivity contribution in [2.75, 3.05) is 0 Å². The van der Waals surface area contributed by atoms with Crippen LogP contribution in [0.15, 0.2) is 47.6 Å². The van der Waals surface area contributed by atoms with E-state index in [0.717, 1.165) is 0 Å². The van der Waals surface area contributed by atoms with Gasteiger partial charge in [0.25, 0.3) is 0 Å². The van der Waals surface area contributed by atoms with E-state index >= 15 is 0 Å². The standard InChI is InChI=1S/C14H9Cl3N2O2/c15-9-3-1-8(2-4-9)14(20)21-19-13(18)11-6-5-10(16)7-12(11)17/h1-7H,(H2,18,19). The number of hydrogen-bond acceptors (Lipinski definition) is 3. The zero-order chi connectivity index (χ0) is 15.4. The Balaban J connectivity index is 2.12. The molecule has 0 fully saturated rings. The lowest BCUT2D eigenvalue weighted by Crippen LogP contribution is -2.15. The molecule has 0 heterocycles. The number of amidine groups is 1. The van der Waals surface area contributed by atoms with Gasteiger partial charge in [0.1, 0.15) is 0 Å². The summed E-state index contributed by atoms with van der Waals surface area (Å²) in [6.07, 6.45) is 0. The first-order valence-electron chi connectivity index (χ1n) is 5.73. The molecule has 2 aromatic rings. The van der Waals surface area contributed by atoms with Gasteiger partial charge in [-0.2, -0.15) is 0 Å². The smallest absolute Gasteiger partial charge is 0.365 e. The molecule has 0 bridgehead atoms. The van der Waals surface area contributed by atoms with Crippen LogP contribution in [0.25, 0.3) is 0 Å². The van der Waals surface area contributed by atoms with Crippen LogP contribution in [0.5, 0.6) is 0 Å². The second-order valence-corrected chi connectivity index (χ2v) is 5.27. The van der Waals surface area contributed by atoms with Gasteiger partial charge in [0.05, 0.1) is 10.6 Å². The Morgan fingerprint density at radius 3 is 2.24 bits per heavy atom. The minimum Gasteiger partial charge on any atom is -0.380 e. The summed E-state index contributed by atoms with van der Waals surface area (Å²) >= 11 is 17.5. The summed E-state index contributed by atoms with van der Waals surface area (Å²) in [7, 11) is 0. The largest absolute Gasteiger partial charge is 0.380 e. The molecule has 0 saturated carbocycles. The van der Waals surface area contributed by atoms with E-state index in [2.05, 4.69) is 5.16 Å². The molecule has 108 valence electrons. The van der Waals surface area contributed by atoms with Gasteiger partial charge in [0.15, 0.2) is 5.84 Å². The molecule has 0 atom stereocenters. The Kier molecular flexibility index (Phi) is 5.07. The summed E-state index contributed by atoms with van der Waals surface area (Å²) in [5.41, 5.74) is 6.45. The lowest BCUT2D eigenvalue weighted by molar-refractivity contribution is 0.0516. The van der Waals surface area contributed by atoms with Gasteiger partial charge in [-0.25, -0.2) is 4.79 Å².